The standard InChI is InChI=1S/C36H20N10/c1-45(2)31-13-9-25(10-14-31)35(29(21-41)22-42)33(27(17-37)18-38)7-5-6-8-34(28(19-39)20-40)36(30(23-43)24-44)26-11-15-32(16-12-26)46(3)4/h9-16H,1-4H3. The summed E-state index contributed by atoms with van der Waals surface area (Å²) in [5.74, 6) is 10.1. The molecule has 0 unspecified atom stereocenters. The SMILES string of the molecule is CN(C)c1ccc(C(=C(C#N)C#N)C(C#CC#CC(=C(C#N)C#N)C(=C(C#N)C#N)c2ccc(N(C)C)cc2)=C(C#N)C#N)cc1. The van der Waals surface area contributed by atoms with Crippen LogP contribution in [0.1, 0.15) is 11.1 Å². The summed E-state index contributed by atoms with van der Waals surface area (Å²) in [4.78, 5) is 3.66. The first-order chi connectivity index (χ1) is 22.1. The summed E-state index contributed by atoms with van der Waals surface area (Å²) < 4.78 is 0. The molecule has 0 aliphatic carbocycles. The van der Waals surface area contributed by atoms with Crippen LogP contribution in [0.15, 0.2) is 82.0 Å². The lowest BCUT2D eigenvalue weighted by molar-refractivity contribution is 1.13. The molecule has 0 aliphatic rings. The number of rotatable bonds is 6. The Bertz CT molecular complexity index is 1940. The number of nitrogens with zero attached hydrogens (tertiary/aromatic N) is 10. The van der Waals surface area contributed by atoms with Gasteiger partial charge in [0.15, 0.2) is 0 Å². The van der Waals surface area contributed by atoms with Gasteiger partial charge in [0.2, 0.25) is 0 Å². The number of benzene rings is 2. The third kappa shape index (κ3) is 7.86. The third-order valence-corrected chi connectivity index (χ3v) is 6.18. The highest BCUT2D eigenvalue weighted by Gasteiger charge is 2.20. The molecule has 0 radical (unpaired) electrons. The van der Waals surface area contributed by atoms with E-state index in [0.717, 1.165) is 11.4 Å². The second kappa shape index (κ2) is 16.5. The van der Waals surface area contributed by atoms with Gasteiger partial charge in [-0.25, -0.2) is 0 Å². The molecule has 0 fully saturated rings. The van der Waals surface area contributed by atoms with Gasteiger partial charge in [-0.05, 0) is 59.1 Å². The predicted octanol–water partition coefficient (Wildman–Crippen LogP) is 4.81. The topological polar surface area (TPSA) is 197 Å². The van der Waals surface area contributed by atoms with Crippen molar-refractivity contribution in [1.29, 1.82) is 42.1 Å². The number of nitriles is 8. The molecule has 214 valence electrons. The van der Waals surface area contributed by atoms with Crippen LogP contribution >= 0.6 is 0 Å². The maximum absolute atomic E-state index is 9.72. The zero-order valence-corrected chi connectivity index (χ0v) is 25.1. The molecule has 0 N–H and O–H groups in total. The molecule has 0 heterocycles. The van der Waals surface area contributed by atoms with E-state index in [2.05, 4.69) is 23.7 Å². The zero-order valence-electron chi connectivity index (χ0n) is 25.1. The van der Waals surface area contributed by atoms with Crippen molar-refractivity contribution >= 4 is 22.5 Å². The van der Waals surface area contributed by atoms with Crippen LogP contribution < -0.4 is 9.80 Å². The lowest BCUT2D eigenvalue weighted by Crippen LogP contribution is -2.08. The van der Waals surface area contributed by atoms with Gasteiger partial charge in [0.05, 0.1) is 11.1 Å². The number of anilines is 2. The Morgan fingerprint density at radius 3 is 0.891 bits per heavy atom. The Morgan fingerprint density at radius 2 is 0.674 bits per heavy atom. The normalized spacial score (nSPS) is 8.35. The van der Waals surface area contributed by atoms with E-state index < -0.39 is 22.3 Å². The molecule has 46 heavy (non-hydrogen) atoms. The van der Waals surface area contributed by atoms with Gasteiger partial charge < -0.3 is 9.80 Å². The minimum absolute atomic E-state index is 0.0639. The summed E-state index contributed by atoms with van der Waals surface area (Å²) in [6, 6.07) is 27.3. The molecular formula is C36H20N10. The van der Waals surface area contributed by atoms with Gasteiger partial charge in [0.25, 0.3) is 0 Å². The smallest absolute Gasteiger partial charge is 0.145 e. The molecule has 0 aliphatic heterocycles. The minimum atomic E-state index is -0.493. The number of hydrogen-bond donors (Lipinski definition) is 0. The second-order valence-electron chi connectivity index (χ2n) is 9.28. The van der Waals surface area contributed by atoms with Crippen molar-refractivity contribution in [3.05, 3.63) is 93.1 Å². The van der Waals surface area contributed by atoms with Crippen LogP contribution in [-0.2, 0) is 0 Å². The van der Waals surface area contributed by atoms with Crippen LogP contribution in [0, 0.1) is 114 Å². The highest BCUT2D eigenvalue weighted by molar-refractivity contribution is 5.94. The largest absolute Gasteiger partial charge is 0.378 e. The summed E-state index contributed by atoms with van der Waals surface area (Å²) in [7, 11) is 7.29. The summed E-state index contributed by atoms with van der Waals surface area (Å²) in [6.45, 7) is 0. The molecule has 10 nitrogen and oxygen atoms in total. The third-order valence-electron chi connectivity index (χ3n) is 6.18. The van der Waals surface area contributed by atoms with Crippen LogP contribution in [0.5, 0.6) is 0 Å². The fourth-order valence-corrected chi connectivity index (χ4v) is 3.91. The maximum Gasteiger partial charge on any atom is 0.145 e. The van der Waals surface area contributed by atoms with Crippen molar-refractivity contribution in [2.75, 3.05) is 38.0 Å². The molecule has 0 amide bonds. The Hall–Kier alpha value is -7.96. The van der Waals surface area contributed by atoms with E-state index in [9.17, 15) is 42.1 Å². The number of allylic oxidation sites excluding steroid dienone is 8. The van der Waals surface area contributed by atoms with Gasteiger partial charge in [-0.3, -0.25) is 0 Å². The average molecular weight is 593 g/mol. The molecule has 0 saturated heterocycles. The van der Waals surface area contributed by atoms with Gasteiger partial charge in [-0.1, -0.05) is 24.3 Å². The van der Waals surface area contributed by atoms with Crippen molar-refractivity contribution in [2.24, 2.45) is 0 Å². The molecule has 10 heteroatoms. The number of hydrogen-bond acceptors (Lipinski definition) is 10. The Labute approximate surface area is 267 Å². The average Bonchev–Trinajstić information content (AvgIpc) is 3.07. The first-order valence-corrected chi connectivity index (χ1v) is 12.9. The highest BCUT2D eigenvalue weighted by Crippen LogP contribution is 2.31. The fraction of sp³-hybridized carbons (Fsp3) is 0.111. The monoisotopic (exact) mass is 592 g/mol. The molecule has 0 aromatic heterocycles. The Balaban J connectivity index is 2.94. The molecule has 2 rings (SSSR count). The summed E-state index contributed by atoms with van der Waals surface area (Å²) in [6.07, 6.45) is 0. The van der Waals surface area contributed by atoms with E-state index in [1.165, 1.54) is 0 Å². The summed E-state index contributed by atoms with van der Waals surface area (Å²) in [5.41, 5.74) is -0.140. The van der Waals surface area contributed by atoms with E-state index in [-0.39, 0.29) is 22.3 Å². The first kappa shape index (κ1) is 34.2. The maximum atomic E-state index is 9.72. The molecular weight excluding hydrogens is 572 g/mol. The second-order valence-corrected chi connectivity index (χ2v) is 9.28. The van der Waals surface area contributed by atoms with Gasteiger partial charge in [-0.15, -0.1) is 0 Å². The van der Waals surface area contributed by atoms with Crippen LogP contribution in [-0.4, -0.2) is 28.2 Å². The molecule has 2 aromatic rings. The lowest BCUT2D eigenvalue weighted by atomic mass is 9.90. The van der Waals surface area contributed by atoms with Gasteiger partial charge >= 0.3 is 0 Å². The van der Waals surface area contributed by atoms with E-state index in [1.807, 2.05) is 38.0 Å². The van der Waals surface area contributed by atoms with Crippen molar-refractivity contribution < 1.29 is 0 Å². The molecule has 2 aromatic carbocycles. The Kier molecular flexibility index (Phi) is 12.3. The summed E-state index contributed by atoms with van der Waals surface area (Å²) in [5, 5.41) is 77.7. The van der Waals surface area contributed by atoms with Gasteiger partial charge in [-0.2, -0.15) is 42.1 Å². The zero-order chi connectivity index (χ0) is 34.2. The van der Waals surface area contributed by atoms with E-state index in [4.69, 9.17) is 0 Å². The van der Waals surface area contributed by atoms with Crippen molar-refractivity contribution in [3.63, 3.8) is 0 Å². The van der Waals surface area contributed by atoms with Crippen LogP contribution in [0.2, 0.25) is 0 Å². The molecule has 0 bridgehead atoms. The van der Waals surface area contributed by atoms with E-state index in [1.54, 1.807) is 97.1 Å². The summed E-state index contributed by atoms with van der Waals surface area (Å²) >= 11 is 0. The van der Waals surface area contributed by atoms with Crippen molar-refractivity contribution in [1.82, 2.24) is 0 Å². The highest BCUT2D eigenvalue weighted by atomic mass is 15.1. The lowest BCUT2D eigenvalue weighted by Gasteiger charge is -2.14. The Morgan fingerprint density at radius 1 is 0.413 bits per heavy atom. The quantitative estimate of drug-likeness (QED) is 0.255. The molecule has 0 atom stereocenters. The predicted molar refractivity (Wildman–Crippen MR) is 170 cm³/mol. The van der Waals surface area contributed by atoms with E-state index in [0.29, 0.717) is 11.1 Å². The van der Waals surface area contributed by atoms with Gasteiger partial charge in [0, 0.05) is 50.7 Å². The molecule has 0 spiro atoms. The first-order valence-electron chi connectivity index (χ1n) is 12.9. The van der Waals surface area contributed by atoms with Crippen molar-refractivity contribution in [3.8, 4) is 72.2 Å². The minimum Gasteiger partial charge on any atom is -0.378 e. The van der Waals surface area contributed by atoms with E-state index >= 15 is 0 Å². The molecule has 0 saturated carbocycles. The van der Waals surface area contributed by atoms with Crippen LogP contribution in [0.3, 0.4) is 0 Å². The fourth-order valence-electron chi connectivity index (χ4n) is 3.91. The van der Waals surface area contributed by atoms with Crippen LogP contribution in [0.4, 0.5) is 11.4 Å². The van der Waals surface area contributed by atoms with Crippen molar-refractivity contribution in [2.45, 2.75) is 0 Å². The van der Waals surface area contributed by atoms with Crippen LogP contribution in [0.25, 0.3) is 11.1 Å². The van der Waals surface area contributed by atoms with Gasteiger partial charge in [0.1, 0.15) is 70.8 Å².